The number of nitrogens with one attached hydrogen (secondary N) is 1. The van der Waals surface area contributed by atoms with E-state index in [-0.39, 0.29) is 17.9 Å². The van der Waals surface area contributed by atoms with Gasteiger partial charge in [-0.3, -0.25) is 4.79 Å². The molecule has 0 radical (unpaired) electrons. The zero-order chi connectivity index (χ0) is 16.1. The third kappa shape index (κ3) is 4.77. The summed E-state index contributed by atoms with van der Waals surface area (Å²) in [5, 5.41) is 3.31. The first-order valence-electron chi connectivity index (χ1n) is 8.57. The van der Waals surface area contributed by atoms with Crippen LogP contribution in [0.4, 0.5) is 0 Å². The smallest absolute Gasteiger partial charge is 0.223 e. The molecule has 2 nitrogen and oxygen atoms in total. The second kappa shape index (κ2) is 8.05. The van der Waals surface area contributed by atoms with Gasteiger partial charge in [-0.25, -0.2) is 0 Å². The van der Waals surface area contributed by atoms with Crippen molar-refractivity contribution in [2.75, 3.05) is 0 Å². The second-order valence-corrected chi connectivity index (χ2v) is 7.57. The Bertz CT molecular complexity index is 506. The molecule has 0 saturated heterocycles. The van der Waals surface area contributed by atoms with E-state index in [1.54, 1.807) is 0 Å². The highest BCUT2D eigenvalue weighted by molar-refractivity contribution is 7.80. The summed E-state index contributed by atoms with van der Waals surface area (Å²) < 4.78 is 0. The Kier molecular flexibility index (Phi) is 6.37. The number of amides is 1. The predicted octanol–water partition coefficient (Wildman–Crippen LogP) is 5.07. The van der Waals surface area contributed by atoms with E-state index in [1.807, 2.05) is 6.07 Å². The summed E-state index contributed by atoms with van der Waals surface area (Å²) >= 11 is 4.61. The molecule has 1 aliphatic carbocycles. The fraction of sp³-hybridized carbons (Fsp3) is 0.632. The Morgan fingerprint density at radius 2 is 1.95 bits per heavy atom. The van der Waals surface area contributed by atoms with Crippen molar-refractivity contribution >= 4 is 18.5 Å². The molecule has 1 aliphatic rings. The van der Waals surface area contributed by atoms with Gasteiger partial charge in [-0.2, -0.15) is 0 Å². The summed E-state index contributed by atoms with van der Waals surface area (Å²) in [6.45, 7) is 6.49. The number of aryl methyl sites for hydroxylation is 1. The molecule has 1 atom stereocenters. The number of hydrogen-bond donors (Lipinski definition) is 2. The van der Waals surface area contributed by atoms with Crippen LogP contribution in [-0.2, 0) is 4.79 Å². The van der Waals surface area contributed by atoms with E-state index in [0.29, 0.717) is 5.92 Å². The topological polar surface area (TPSA) is 29.1 Å². The lowest BCUT2D eigenvalue weighted by atomic mass is 9.87. The highest BCUT2D eigenvalue weighted by Gasteiger charge is 2.25. The molecule has 0 aromatic heterocycles. The van der Waals surface area contributed by atoms with Gasteiger partial charge in [0.25, 0.3) is 0 Å². The quantitative estimate of drug-likeness (QED) is 0.729. The minimum absolute atomic E-state index is 0.0711. The summed E-state index contributed by atoms with van der Waals surface area (Å²) in [4.78, 5) is 13.6. The SMILES string of the molecule is Cc1ccc(S)c(C(CC(C)C)NC(=O)C2CCCCC2)c1. The molecule has 1 aromatic rings. The van der Waals surface area contributed by atoms with Crippen LogP contribution in [0.15, 0.2) is 23.1 Å². The summed E-state index contributed by atoms with van der Waals surface area (Å²) in [5.74, 6) is 0.973. The van der Waals surface area contributed by atoms with Crippen molar-refractivity contribution < 1.29 is 4.79 Å². The van der Waals surface area contributed by atoms with Crippen molar-refractivity contribution in [3.05, 3.63) is 29.3 Å². The molecule has 0 bridgehead atoms. The lowest BCUT2D eigenvalue weighted by Crippen LogP contribution is -2.35. The van der Waals surface area contributed by atoms with Gasteiger partial charge >= 0.3 is 0 Å². The van der Waals surface area contributed by atoms with Crippen molar-refractivity contribution in [3.8, 4) is 0 Å². The number of thiol groups is 1. The summed E-state index contributed by atoms with van der Waals surface area (Å²) in [5.41, 5.74) is 2.37. The molecule has 0 aliphatic heterocycles. The van der Waals surface area contributed by atoms with E-state index < -0.39 is 0 Å². The lowest BCUT2D eigenvalue weighted by Gasteiger charge is -2.27. The first-order valence-corrected chi connectivity index (χ1v) is 9.02. The molecule has 1 N–H and O–H groups in total. The van der Waals surface area contributed by atoms with Crippen LogP contribution in [0.25, 0.3) is 0 Å². The van der Waals surface area contributed by atoms with Crippen LogP contribution >= 0.6 is 12.6 Å². The number of hydrogen-bond acceptors (Lipinski definition) is 2. The maximum Gasteiger partial charge on any atom is 0.223 e. The van der Waals surface area contributed by atoms with Crippen molar-refractivity contribution in [2.45, 2.75) is 70.2 Å². The molecule has 2 rings (SSSR count). The van der Waals surface area contributed by atoms with Gasteiger partial charge in [0, 0.05) is 10.8 Å². The summed E-state index contributed by atoms with van der Waals surface area (Å²) in [6.07, 6.45) is 6.70. The van der Waals surface area contributed by atoms with Crippen molar-refractivity contribution in [2.24, 2.45) is 11.8 Å². The fourth-order valence-electron chi connectivity index (χ4n) is 3.34. The van der Waals surface area contributed by atoms with Crippen LogP contribution in [0.2, 0.25) is 0 Å². The molecule has 22 heavy (non-hydrogen) atoms. The molecule has 0 heterocycles. The molecule has 1 saturated carbocycles. The number of rotatable bonds is 5. The minimum Gasteiger partial charge on any atom is -0.349 e. The molecule has 1 aromatic carbocycles. The maximum atomic E-state index is 12.6. The van der Waals surface area contributed by atoms with E-state index in [0.717, 1.165) is 29.7 Å². The number of carbonyl (C=O) groups is 1. The van der Waals surface area contributed by atoms with E-state index in [4.69, 9.17) is 0 Å². The van der Waals surface area contributed by atoms with Gasteiger partial charge < -0.3 is 5.32 Å². The number of carbonyl (C=O) groups excluding carboxylic acids is 1. The van der Waals surface area contributed by atoms with Gasteiger partial charge in [0.2, 0.25) is 5.91 Å². The van der Waals surface area contributed by atoms with Gasteiger partial charge in [-0.05, 0) is 43.7 Å². The molecule has 0 spiro atoms. The largest absolute Gasteiger partial charge is 0.349 e. The minimum atomic E-state index is 0.0711. The Balaban J connectivity index is 2.15. The van der Waals surface area contributed by atoms with Crippen LogP contribution in [0.5, 0.6) is 0 Å². The van der Waals surface area contributed by atoms with Crippen LogP contribution in [0, 0.1) is 18.8 Å². The third-order valence-corrected chi connectivity index (χ3v) is 4.97. The van der Waals surface area contributed by atoms with E-state index in [9.17, 15) is 4.79 Å². The average Bonchev–Trinajstić information content (AvgIpc) is 2.49. The predicted molar refractivity (Wildman–Crippen MR) is 95.3 cm³/mol. The van der Waals surface area contributed by atoms with Crippen LogP contribution in [0.3, 0.4) is 0 Å². The van der Waals surface area contributed by atoms with Crippen LogP contribution < -0.4 is 5.32 Å². The molecule has 122 valence electrons. The van der Waals surface area contributed by atoms with Gasteiger partial charge in [0.15, 0.2) is 0 Å². The fourth-order valence-corrected chi connectivity index (χ4v) is 3.64. The molecule has 1 fully saturated rings. The zero-order valence-corrected chi connectivity index (χ0v) is 15.0. The van der Waals surface area contributed by atoms with Gasteiger partial charge in [-0.1, -0.05) is 50.8 Å². The first kappa shape index (κ1) is 17.4. The maximum absolute atomic E-state index is 12.6. The normalized spacial score (nSPS) is 17.5. The summed E-state index contributed by atoms with van der Waals surface area (Å²) in [6, 6.07) is 6.34. The highest BCUT2D eigenvalue weighted by atomic mass is 32.1. The Hall–Kier alpha value is -0.960. The van der Waals surface area contributed by atoms with Gasteiger partial charge in [-0.15, -0.1) is 12.6 Å². The second-order valence-electron chi connectivity index (χ2n) is 7.09. The monoisotopic (exact) mass is 319 g/mol. The van der Waals surface area contributed by atoms with Crippen LogP contribution in [0.1, 0.15) is 69.5 Å². The van der Waals surface area contributed by atoms with Crippen molar-refractivity contribution in [1.82, 2.24) is 5.32 Å². The Morgan fingerprint density at radius 1 is 1.27 bits per heavy atom. The van der Waals surface area contributed by atoms with Gasteiger partial charge in [0.05, 0.1) is 6.04 Å². The van der Waals surface area contributed by atoms with E-state index >= 15 is 0 Å². The van der Waals surface area contributed by atoms with Crippen molar-refractivity contribution in [1.29, 1.82) is 0 Å². The molecule has 1 unspecified atom stereocenters. The van der Waals surface area contributed by atoms with E-state index in [1.165, 1.54) is 24.8 Å². The summed E-state index contributed by atoms with van der Waals surface area (Å²) in [7, 11) is 0. The lowest BCUT2D eigenvalue weighted by molar-refractivity contribution is -0.126. The van der Waals surface area contributed by atoms with Gasteiger partial charge in [0.1, 0.15) is 0 Å². The molecular weight excluding hydrogens is 290 g/mol. The van der Waals surface area contributed by atoms with Crippen molar-refractivity contribution in [3.63, 3.8) is 0 Å². The van der Waals surface area contributed by atoms with E-state index in [2.05, 4.69) is 50.8 Å². The Labute approximate surface area is 140 Å². The number of benzene rings is 1. The van der Waals surface area contributed by atoms with Crippen LogP contribution in [-0.4, -0.2) is 5.91 Å². The standard InChI is InChI=1S/C19H29NOS/c1-13(2)11-17(16-12-14(3)9-10-18(16)22)20-19(21)15-7-5-4-6-8-15/h9-10,12-13,15,17,22H,4-8,11H2,1-3H3,(H,20,21). The molecule has 3 heteroatoms. The Morgan fingerprint density at radius 3 is 2.59 bits per heavy atom. The first-order chi connectivity index (χ1) is 10.5. The average molecular weight is 320 g/mol. The third-order valence-electron chi connectivity index (χ3n) is 4.56. The molecule has 1 amide bonds. The zero-order valence-electron chi connectivity index (χ0n) is 14.1. The highest BCUT2D eigenvalue weighted by Crippen LogP contribution is 2.30. The molecular formula is C19H29NOS.